The second-order valence-corrected chi connectivity index (χ2v) is 11.1. The summed E-state index contributed by atoms with van der Waals surface area (Å²) in [5, 5.41) is 12.3. The van der Waals surface area contributed by atoms with Gasteiger partial charge in [-0.25, -0.2) is 4.79 Å². The molecule has 40 heavy (non-hydrogen) atoms. The predicted octanol–water partition coefficient (Wildman–Crippen LogP) is 2.90. The molecule has 0 spiro atoms. The number of hydrogen-bond acceptors (Lipinski definition) is 5. The van der Waals surface area contributed by atoms with Gasteiger partial charge in [0.15, 0.2) is 0 Å². The Hall–Kier alpha value is -2.53. The minimum atomic E-state index is -1.02. The van der Waals surface area contributed by atoms with E-state index in [9.17, 15) is 14.7 Å². The van der Waals surface area contributed by atoms with Gasteiger partial charge in [-0.3, -0.25) is 9.69 Å². The average molecular weight is 555 g/mol. The second kappa shape index (κ2) is 16.0. The fourth-order valence-corrected chi connectivity index (χ4v) is 5.47. The third-order valence-electron chi connectivity index (χ3n) is 7.25. The van der Waals surface area contributed by atoms with Gasteiger partial charge in [-0.1, -0.05) is 60.7 Å². The molecule has 1 aliphatic heterocycles. The van der Waals surface area contributed by atoms with Crippen LogP contribution in [-0.2, 0) is 22.7 Å². The topological polar surface area (TPSA) is 78.9 Å². The molecular formula is C32H39LiN2O4S. The van der Waals surface area contributed by atoms with Gasteiger partial charge < -0.3 is 16.6 Å². The van der Waals surface area contributed by atoms with Gasteiger partial charge in [0.05, 0.1) is 12.7 Å². The number of rotatable bonds is 12. The maximum absolute atomic E-state index is 13.3. The quantitative estimate of drug-likeness (QED) is 0.336. The van der Waals surface area contributed by atoms with E-state index in [0.717, 1.165) is 54.7 Å². The minimum absolute atomic E-state index is 0. The number of carbonyl (C=O) groups excluding carboxylic acids is 1. The van der Waals surface area contributed by atoms with Crippen molar-refractivity contribution in [2.24, 2.45) is 0 Å². The van der Waals surface area contributed by atoms with Crippen LogP contribution < -0.4 is 24.2 Å². The third-order valence-corrected chi connectivity index (χ3v) is 7.89. The molecule has 0 aliphatic carbocycles. The molecule has 0 unspecified atom stereocenters. The molecule has 3 aromatic carbocycles. The van der Waals surface area contributed by atoms with E-state index in [0.29, 0.717) is 24.3 Å². The smallest absolute Gasteiger partial charge is 1.00 e. The number of likely N-dealkylation sites (tertiary alicyclic amines) is 1. The maximum atomic E-state index is 13.3. The Balaban J connectivity index is 0.00000294. The molecule has 1 saturated heterocycles. The summed E-state index contributed by atoms with van der Waals surface area (Å²) in [5.41, 5.74) is 5.59. The van der Waals surface area contributed by atoms with Crippen molar-refractivity contribution in [3.63, 3.8) is 0 Å². The van der Waals surface area contributed by atoms with E-state index in [1.807, 2.05) is 55.6 Å². The van der Waals surface area contributed by atoms with Crippen LogP contribution in [0.5, 0.6) is 0 Å². The largest absolute Gasteiger partial charge is 1.00 e. The number of nitrogens with zero attached hydrogens (tertiary/aromatic N) is 1. The van der Waals surface area contributed by atoms with Crippen molar-refractivity contribution in [1.29, 1.82) is 0 Å². The molecule has 1 amide bonds. The minimum Gasteiger partial charge on any atom is -1.00 e. The number of carboxylic acid groups (broad SMARTS) is 1. The first-order valence-corrected chi connectivity index (χ1v) is 14.9. The molecule has 208 valence electrons. The summed E-state index contributed by atoms with van der Waals surface area (Å²) < 4.78 is 6.32. The van der Waals surface area contributed by atoms with E-state index in [4.69, 9.17) is 4.74 Å². The number of ether oxygens (including phenoxy) is 1. The summed E-state index contributed by atoms with van der Waals surface area (Å²) in [6.45, 7) is 5.47. The first-order chi connectivity index (χ1) is 18.9. The van der Waals surface area contributed by atoms with E-state index < -0.39 is 12.0 Å². The molecule has 0 saturated carbocycles. The van der Waals surface area contributed by atoms with Crippen LogP contribution in [0.25, 0.3) is 11.1 Å². The van der Waals surface area contributed by atoms with E-state index in [1.54, 1.807) is 17.8 Å². The van der Waals surface area contributed by atoms with Crippen molar-refractivity contribution < 1.29 is 39.7 Å². The van der Waals surface area contributed by atoms with Crippen LogP contribution in [0.15, 0.2) is 72.8 Å². The molecule has 0 bridgehead atoms. The van der Waals surface area contributed by atoms with Gasteiger partial charge in [-0.05, 0) is 78.1 Å². The molecule has 0 radical (unpaired) electrons. The fourth-order valence-electron chi connectivity index (χ4n) is 5.00. The number of amides is 1. The third kappa shape index (κ3) is 8.99. The Bertz CT molecular complexity index is 1260. The van der Waals surface area contributed by atoms with Gasteiger partial charge in [-0.15, -0.1) is 0 Å². The Morgan fingerprint density at radius 2 is 1.73 bits per heavy atom. The van der Waals surface area contributed by atoms with Gasteiger partial charge in [-0.2, -0.15) is 11.8 Å². The number of hydrogen-bond donors (Lipinski definition) is 2. The van der Waals surface area contributed by atoms with Crippen LogP contribution in [0.3, 0.4) is 0 Å². The van der Waals surface area contributed by atoms with Gasteiger partial charge in [0, 0.05) is 25.2 Å². The summed E-state index contributed by atoms with van der Waals surface area (Å²) in [6, 6.07) is 23.3. The summed E-state index contributed by atoms with van der Waals surface area (Å²) in [4.78, 5) is 27.5. The first kappa shape index (κ1) is 32.0. The van der Waals surface area contributed by atoms with Crippen molar-refractivity contribution in [3.05, 3.63) is 95.1 Å². The fraction of sp³-hybridized carbons (Fsp3) is 0.375. The van der Waals surface area contributed by atoms with Gasteiger partial charge in [0.25, 0.3) is 5.91 Å². The predicted molar refractivity (Wildman–Crippen MR) is 159 cm³/mol. The molecule has 8 heteroatoms. The molecule has 2 N–H and O–H groups in total. The molecular weight excluding hydrogens is 515 g/mol. The van der Waals surface area contributed by atoms with Crippen LogP contribution >= 0.6 is 11.8 Å². The van der Waals surface area contributed by atoms with Crippen molar-refractivity contribution in [3.8, 4) is 11.1 Å². The number of carbonyl (C=O) groups is 2. The zero-order valence-electron chi connectivity index (χ0n) is 24.8. The molecule has 3 aromatic rings. The number of carboxylic acids is 1. The maximum Gasteiger partial charge on any atom is 1.00 e. The zero-order chi connectivity index (χ0) is 27.6. The number of nitrogens with one attached hydrogen (secondary N) is 1. The van der Waals surface area contributed by atoms with E-state index in [1.165, 1.54) is 5.56 Å². The normalized spacial score (nSPS) is 14.8. The average Bonchev–Trinajstić information content (AvgIpc) is 2.95. The number of aryl methyl sites for hydroxylation is 1. The molecule has 1 fully saturated rings. The summed E-state index contributed by atoms with van der Waals surface area (Å²) in [5.74, 6) is -0.738. The summed E-state index contributed by atoms with van der Waals surface area (Å²) in [7, 11) is 0. The van der Waals surface area contributed by atoms with Crippen LogP contribution in [0.1, 0.15) is 47.7 Å². The van der Waals surface area contributed by atoms with E-state index in [-0.39, 0.29) is 32.3 Å². The van der Waals surface area contributed by atoms with E-state index >= 15 is 0 Å². The molecule has 6 nitrogen and oxygen atoms in total. The standard InChI is InChI=1S/C32H38N2O4S.Li.H/c1-23-8-6-7-11-27(23)29-20-25(12-13-28(29)31(35)33-30(32(36)37)16-19-39-2)22-38-26-14-17-34(18-15-26)21-24-9-4-3-5-10-24;;/h3-13,20,26,30H,14-19,21-22H2,1-2H3,(H,33,35)(H,36,37);;/q;+1;-1/t30-;;/m0../s1. The van der Waals surface area contributed by atoms with Gasteiger partial charge >= 0.3 is 24.8 Å². The Morgan fingerprint density at radius 1 is 1.02 bits per heavy atom. The zero-order valence-corrected chi connectivity index (χ0v) is 24.6. The Kier molecular flexibility index (Phi) is 12.8. The molecule has 1 heterocycles. The van der Waals surface area contributed by atoms with Crippen LogP contribution in [0.2, 0.25) is 0 Å². The number of benzene rings is 3. The molecule has 1 atom stereocenters. The molecule has 0 aromatic heterocycles. The number of thioether (sulfide) groups is 1. The van der Waals surface area contributed by atoms with Crippen LogP contribution in [-0.4, -0.2) is 59.1 Å². The molecule has 1 aliphatic rings. The van der Waals surface area contributed by atoms with Crippen molar-refractivity contribution in [1.82, 2.24) is 10.2 Å². The van der Waals surface area contributed by atoms with Crippen molar-refractivity contribution in [2.45, 2.75) is 51.5 Å². The number of aliphatic carboxylic acids is 1. The first-order valence-electron chi connectivity index (χ1n) is 13.5. The van der Waals surface area contributed by atoms with Crippen molar-refractivity contribution >= 4 is 23.6 Å². The monoisotopic (exact) mass is 554 g/mol. The second-order valence-electron chi connectivity index (χ2n) is 10.1. The van der Waals surface area contributed by atoms with Gasteiger partial charge in [0.2, 0.25) is 0 Å². The van der Waals surface area contributed by atoms with Crippen LogP contribution in [0, 0.1) is 6.92 Å². The molecule has 4 rings (SSSR count). The number of piperidine rings is 1. The Labute approximate surface area is 255 Å². The SMILES string of the molecule is CSCC[C@H](NC(=O)c1ccc(COC2CCN(Cc3ccccc3)CC2)cc1-c1ccccc1C)C(=O)O.[H-].[Li+]. The summed E-state index contributed by atoms with van der Waals surface area (Å²) in [6.07, 6.45) is 4.48. The Morgan fingerprint density at radius 3 is 2.40 bits per heavy atom. The summed E-state index contributed by atoms with van der Waals surface area (Å²) >= 11 is 1.56. The van der Waals surface area contributed by atoms with Crippen molar-refractivity contribution in [2.75, 3.05) is 25.1 Å². The van der Waals surface area contributed by atoms with Gasteiger partial charge in [0.1, 0.15) is 6.04 Å². The van der Waals surface area contributed by atoms with Crippen LogP contribution in [0.4, 0.5) is 0 Å². The van der Waals surface area contributed by atoms with E-state index in [2.05, 4.69) is 34.5 Å².